The van der Waals surface area contributed by atoms with E-state index in [2.05, 4.69) is 0 Å². The summed E-state index contributed by atoms with van der Waals surface area (Å²) in [4.78, 5) is 13.2. The molecule has 1 N–H and O–H groups in total. The van der Waals surface area contributed by atoms with Crippen LogP contribution in [0.15, 0.2) is 47.9 Å². The summed E-state index contributed by atoms with van der Waals surface area (Å²) in [7, 11) is 0. The largest absolute Gasteiger partial charge is 0.463 e. The summed E-state index contributed by atoms with van der Waals surface area (Å²) in [5, 5.41) is 9.99. The van der Waals surface area contributed by atoms with Crippen molar-refractivity contribution in [1.82, 2.24) is 4.90 Å². The molecular weight excluding hydrogens is 206 g/mol. The van der Waals surface area contributed by atoms with Gasteiger partial charge < -0.3 is 14.7 Å². The van der Waals surface area contributed by atoms with Crippen molar-refractivity contribution < 1.29 is 14.6 Å². The maximum Gasteiger partial charge on any atom is 0.338 e. The number of aliphatic hydroxyl groups is 1. The Morgan fingerprint density at radius 3 is 3.06 bits per heavy atom. The summed E-state index contributed by atoms with van der Waals surface area (Å²) in [6.07, 6.45) is 9.66. The first-order valence-corrected chi connectivity index (χ1v) is 5.14. The number of aliphatic hydroxyl groups excluding tert-OH is 1. The molecule has 1 atom stereocenters. The normalized spacial score (nSPS) is 22.4. The zero-order valence-corrected chi connectivity index (χ0v) is 8.96. The Balaban J connectivity index is 2.25. The number of carbonyl (C=O) groups excluding carboxylic acids is 1. The van der Waals surface area contributed by atoms with Crippen LogP contribution in [0.2, 0.25) is 0 Å². The summed E-state index contributed by atoms with van der Waals surface area (Å²) in [6, 6.07) is 0. The highest BCUT2D eigenvalue weighted by molar-refractivity contribution is 5.90. The molecule has 0 amide bonds. The molecule has 0 bridgehead atoms. The fraction of sp³-hybridized carbons (Fsp3) is 0.250. The predicted molar refractivity (Wildman–Crippen MR) is 58.9 cm³/mol. The van der Waals surface area contributed by atoms with Crippen molar-refractivity contribution >= 4 is 5.97 Å². The van der Waals surface area contributed by atoms with Gasteiger partial charge >= 0.3 is 5.97 Å². The van der Waals surface area contributed by atoms with Gasteiger partial charge in [-0.3, -0.25) is 0 Å². The Morgan fingerprint density at radius 1 is 1.50 bits per heavy atom. The molecule has 0 aromatic rings. The van der Waals surface area contributed by atoms with Crippen LogP contribution < -0.4 is 0 Å². The summed E-state index contributed by atoms with van der Waals surface area (Å²) >= 11 is 0. The van der Waals surface area contributed by atoms with Crippen LogP contribution in [0.5, 0.6) is 0 Å². The second-order valence-electron chi connectivity index (χ2n) is 3.42. The molecule has 2 heterocycles. The molecule has 0 aromatic heterocycles. The van der Waals surface area contributed by atoms with Crippen LogP contribution in [0.3, 0.4) is 0 Å². The molecule has 84 valence electrons. The van der Waals surface area contributed by atoms with Crippen molar-refractivity contribution in [2.24, 2.45) is 0 Å². The lowest BCUT2D eigenvalue weighted by Gasteiger charge is -2.32. The average molecular weight is 219 g/mol. The highest BCUT2D eigenvalue weighted by Gasteiger charge is 2.28. The topological polar surface area (TPSA) is 49.8 Å². The van der Waals surface area contributed by atoms with E-state index >= 15 is 0 Å². The molecule has 2 aliphatic heterocycles. The summed E-state index contributed by atoms with van der Waals surface area (Å²) in [5.74, 6) is -0.478. The fourth-order valence-electron chi connectivity index (χ4n) is 1.63. The molecule has 0 radical (unpaired) electrons. The lowest BCUT2D eigenvalue weighted by Crippen LogP contribution is -2.37. The van der Waals surface area contributed by atoms with Crippen molar-refractivity contribution in [1.29, 1.82) is 0 Å². The Morgan fingerprint density at radius 2 is 2.31 bits per heavy atom. The van der Waals surface area contributed by atoms with Gasteiger partial charge in [0.1, 0.15) is 0 Å². The monoisotopic (exact) mass is 219 g/mol. The maximum atomic E-state index is 11.5. The zero-order valence-electron chi connectivity index (χ0n) is 8.96. The van der Waals surface area contributed by atoms with E-state index in [-0.39, 0.29) is 5.57 Å². The van der Waals surface area contributed by atoms with Gasteiger partial charge in [-0.2, -0.15) is 0 Å². The van der Waals surface area contributed by atoms with Crippen molar-refractivity contribution in [2.45, 2.75) is 13.2 Å². The van der Waals surface area contributed by atoms with Gasteiger partial charge in [0.05, 0.1) is 12.2 Å². The van der Waals surface area contributed by atoms with Gasteiger partial charge in [0.15, 0.2) is 6.23 Å². The lowest BCUT2D eigenvalue weighted by molar-refractivity contribution is -0.140. The third-order valence-corrected chi connectivity index (χ3v) is 2.41. The minimum Gasteiger partial charge on any atom is -0.463 e. The number of hydrogen-bond acceptors (Lipinski definition) is 4. The van der Waals surface area contributed by atoms with Gasteiger partial charge in [-0.1, -0.05) is 6.08 Å². The number of rotatable bonds is 2. The van der Waals surface area contributed by atoms with Crippen LogP contribution >= 0.6 is 0 Å². The summed E-state index contributed by atoms with van der Waals surface area (Å²) < 4.78 is 4.87. The molecule has 0 aliphatic carbocycles. The SMILES string of the molecule is CCOC(=O)C1=CC=C2C=CC=CN2C1O. The first kappa shape index (κ1) is 10.7. The van der Waals surface area contributed by atoms with Gasteiger partial charge in [0, 0.05) is 11.9 Å². The maximum absolute atomic E-state index is 11.5. The van der Waals surface area contributed by atoms with E-state index in [0.29, 0.717) is 6.61 Å². The molecule has 0 aromatic carbocycles. The number of hydrogen-bond donors (Lipinski definition) is 1. The number of nitrogens with zero attached hydrogens (tertiary/aromatic N) is 1. The molecule has 0 saturated carbocycles. The summed E-state index contributed by atoms with van der Waals surface area (Å²) in [5.41, 5.74) is 1.11. The van der Waals surface area contributed by atoms with Crippen molar-refractivity contribution in [3.05, 3.63) is 47.9 Å². The van der Waals surface area contributed by atoms with E-state index in [4.69, 9.17) is 4.74 Å². The quantitative estimate of drug-likeness (QED) is 0.706. The fourth-order valence-corrected chi connectivity index (χ4v) is 1.63. The average Bonchev–Trinajstić information content (AvgIpc) is 2.30. The third-order valence-electron chi connectivity index (χ3n) is 2.41. The Bertz CT molecular complexity index is 418. The zero-order chi connectivity index (χ0) is 11.5. The minimum atomic E-state index is -0.972. The van der Waals surface area contributed by atoms with Crippen LogP contribution in [0, 0.1) is 0 Å². The van der Waals surface area contributed by atoms with Crippen molar-refractivity contribution in [3.63, 3.8) is 0 Å². The highest BCUT2D eigenvalue weighted by atomic mass is 16.5. The molecule has 0 fully saturated rings. The number of allylic oxidation sites excluding steroid dienone is 5. The molecule has 0 saturated heterocycles. The van der Waals surface area contributed by atoms with E-state index < -0.39 is 12.2 Å². The number of carbonyl (C=O) groups is 1. The second-order valence-corrected chi connectivity index (χ2v) is 3.42. The third kappa shape index (κ3) is 1.79. The van der Waals surface area contributed by atoms with Crippen LogP contribution in [0.4, 0.5) is 0 Å². The molecule has 0 spiro atoms. The van der Waals surface area contributed by atoms with Gasteiger partial charge in [0.25, 0.3) is 0 Å². The lowest BCUT2D eigenvalue weighted by atomic mass is 10.1. The standard InChI is InChI=1S/C12H13NO3/c1-2-16-12(15)10-7-6-9-5-3-4-8-13(9)11(10)14/h3-8,11,14H,2H2,1H3. The highest BCUT2D eigenvalue weighted by Crippen LogP contribution is 2.24. The van der Waals surface area contributed by atoms with Gasteiger partial charge in [0.2, 0.25) is 0 Å². The van der Waals surface area contributed by atoms with Crippen molar-refractivity contribution in [3.8, 4) is 0 Å². The first-order chi connectivity index (χ1) is 7.74. The van der Waals surface area contributed by atoms with Gasteiger partial charge in [-0.25, -0.2) is 4.79 Å². The van der Waals surface area contributed by atoms with Crippen LogP contribution in [-0.2, 0) is 9.53 Å². The second kappa shape index (κ2) is 4.37. The first-order valence-electron chi connectivity index (χ1n) is 5.14. The van der Waals surface area contributed by atoms with E-state index in [9.17, 15) is 9.90 Å². The molecule has 16 heavy (non-hydrogen) atoms. The Kier molecular flexibility index (Phi) is 2.92. The summed E-state index contributed by atoms with van der Waals surface area (Å²) in [6.45, 7) is 2.04. The molecule has 2 aliphatic rings. The number of esters is 1. The van der Waals surface area contributed by atoms with Gasteiger partial charge in [-0.15, -0.1) is 0 Å². The Labute approximate surface area is 93.8 Å². The number of ether oxygens (including phenoxy) is 1. The van der Waals surface area contributed by atoms with Crippen LogP contribution in [-0.4, -0.2) is 28.8 Å². The van der Waals surface area contributed by atoms with Gasteiger partial charge in [-0.05, 0) is 31.2 Å². The molecule has 4 nitrogen and oxygen atoms in total. The Hall–Kier alpha value is -1.81. The van der Waals surface area contributed by atoms with E-state index in [1.807, 2.05) is 12.2 Å². The molecular formula is C12H13NO3. The molecule has 4 heteroatoms. The minimum absolute atomic E-state index is 0.255. The molecule has 1 unspecified atom stereocenters. The van der Waals surface area contributed by atoms with Crippen LogP contribution in [0.25, 0.3) is 0 Å². The van der Waals surface area contributed by atoms with Crippen LogP contribution in [0.1, 0.15) is 6.92 Å². The van der Waals surface area contributed by atoms with E-state index in [0.717, 1.165) is 5.70 Å². The predicted octanol–water partition coefficient (Wildman–Crippen LogP) is 1.08. The number of fused-ring (bicyclic) bond motifs is 1. The van der Waals surface area contributed by atoms with Crippen molar-refractivity contribution in [2.75, 3.05) is 6.61 Å². The van der Waals surface area contributed by atoms with E-state index in [1.54, 1.807) is 36.3 Å². The van der Waals surface area contributed by atoms with E-state index in [1.165, 1.54) is 0 Å². The molecule has 2 rings (SSSR count). The smallest absolute Gasteiger partial charge is 0.338 e.